The molecule has 0 aliphatic rings. The van der Waals surface area contributed by atoms with E-state index in [1.165, 1.54) is 0 Å². The van der Waals surface area contributed by atoms with Crippen molar-refractivity contribution in [2.75, 3.05) is 19.0 Å². The Morgan fingerprint density at radius 2 is 2.10 bits per heavy atom. The minimum Gasteiger partial charge on any atom is -0.362 e. The smallest absolute Gasteiger partial charge is 0.251 e. The third-order valence-corrected chi connectivity index (χ3v) is 3.05. The van der Waals surface area contributed by atoms with Crippen LogP contribution in [0.25, 0.3) is 0 Å². The Morgan fingerprint density at radius 1 is 1.30 bits per heavy atom. The fourth-order valence-electron chi connectivity index (χ4n) is 1.88. The predicted molar refractivity (Wildman–Crippen MR) is 81.2 cm³/mol. The molecular weight excluding hydrogens is 274 g/mol. The molecule has 0 atom stereocenters. The molecule has 0 aliphatic carbocycles. The van der Waals surface area contributed by atoms with Gasteiger partial charge in [0.15, 0.2) is 0 Å². The highest BCUT2D eigenvalue weighted by Gasteiger charge is 2.09. The molecular formula is C15H16ClN3O. The average Bonchev–Trinajstić information content (AvgIpc) is 2.45. The van der Waals surface area contributed by atoms with Crippen LogP contribution in [0.1, 0.15) is 15.9 Å². The first-order valence-corrected chi connectivity index (χ1v) is 6.60. The Morgan fingerprint density at radius 3 is 2.80 bits per heavy atom. The Labute approximate surface area is 123 Å². The van der Waals surface area contributed by atoms with Gasteiger partial charge in [-0.05, 0) is 24.3 Å². The lowest BCUT2D eigenvalue weighted by atomic mass is 10.2. The zero-order valence-corrected chi connectivity index (χ0v) is 12.2. The van der Waals surface area contributed by atoms with Crippen molar-refractivity contribution in [1.29, 1.82) is 0 Å². The number of amides is 1. The van der Waals surface area contributed by atoms with Gasteiger partial charge in [0.25, 0.3) is 5.91 Å². The number of carbonyl (C=O) groups excluding carboxylic acids is 1. The fraction of sp³-hybridized carbons (Fsp3) is 0.200. The van der Waals surface area contributed by atoms with Gasteiger partial charge in [0.2, 0.25) is 0 Å². The van der Waals surface area contributed by atoms with E-state index >= 15 is 0 Å². The van der Waals surface area contributed by atoms with Crippen molar-refractivity contribution in [1.82, 2.24) is 10.3 Å². The summed E-state index contributed by atoms with van der Waals surface area (Å²) in [5.41, 5.74) is 1.51. The summed E-state index contributed by atoms with van der Waals surface area (Å²) < 4.78 is 0. The number of rotatable bonds is 4. The Kier molecular flexibility index (Phi) is 4.58. The first kappa shape index (κ1) is 14.3. The predicted octanol–water partition coefficient (Wildman–Crippen LogP) is 2.73. The molecule has 1 N–H and O–H groups in total. The summed E-state index contributed by atoms with van der Waals surface area (Å²) in [5, 5.41) is 3.42. The number of nitrogens with zero attached hydrogens (tertiary/aromatic N) is 2. The normalized spacial score (nSPS) is 10.2. The second kappa shape index (κ2) is 6.39. The third-order valence-electron chi connectivity index (χ3n) is 2.82. The topological polar surface area (TPSA) is 45.2 Å². The second-order valence-electron chi connectivity index (χ2n) is 4.57. The highest BCUT2D eigenvalue weighted by molar-refractivity contribution is 6.30. The molecule has 2 aromatic rings. The molecule has 0 unspecified atom stereocenters. The van der Waals surface area contributed by atoms with E-state index < -0.39 is 0 Å². The third kappa shape index (κ3) is 3.48. The van der Waals surface area contributed by atoms with Gasteiger partial charge < -0.3 is 10.2 Å². The van der Waals surface area contributed by atoms with Crippen LogP contribution in [0.15, 0.2) is 42.6 Å². The van der Waals surface area contributed by atoms with Gasteiger partial charge in [0.05, 0.1) is 0 Å². The van der Waals surface area contributed by atoms with Gasteiger partial charge in [-0.1, -0.05) is 23.7 Å². The molecule has 0 saturated carbocycles. The molecule has 2 rings (SSSR count). The van der Waals surface area contributed by atoms with Crippen LogP contribution in [0.3, 0.4) is 0 Å². The average molecular weight is 290 g/mol. The van der Waals surface area contributed by atoms with E-state index in [9.17, 15) is 4.79 Å². The van der Waals surface area contributed by atoms with E-state index in [1.54, 1.807) is 30.5 Å². The van der Waals surface area contributed by atoms with Gasteiger partial charge in [0, 0.05) is 43.0 Å². The number of nitrogens with one attached hydrogen (secondary N) is 1. The van der Waals surface area contributed by atoms with Gasteiger partial charge >= 0.3 is 0 Å². The van der Waals surface area contributed by atoms with Crippen LogP contribution in [0, 0.1) is 0 Å². The lowest BCUT2D eigenvalue weighted by molar-refractivity contribution is 0.0951. The number of benzene rings is 1. The van der Waals surface area contributed by atoms with Crippen molar-refractivity contribution < 1.29 is 4.79 Å². The molecule has 0 aliphatic heterocycles. The van der Waals surface area contributed by atoms with E-state index in [2.05, 4.69) is 10.3 Å². The quantitative estimate of drug-likeness (QED) is 0.941. The molecule has 1 aromatic carbocycles. The summed E-state index contributed by atoms with van der Waals surface area (Å²) in [6, 6.07) is 10.7. The maximum Gasteiger partial charge on any atom is 0.251 e. The van der Waals surface area contributed by atoms with Crippen LogP contribution in [-0.2, 0) is 6.54 Å². The number of pyridine rings is 1. The van der Waals surface area contributed by atoms with Crippen molar-refractivity contribution in [3.63, 3.8) is 0 Å². The molecule has 0 saturated heterocycles. The molecule has 0 fully saturated rings. The van der Waals surface area contributed by atoms with E-state index in [4.69, 9.17) is 11.6 Å². The van der Waals surface area contributed by atoms with E-state index in [-0.39, 0.29) is 5.91 Å². The van der Waals surface area contributed by atoms with Crippen LogP contribution in [0.5, 0.6) is 0 Å². The number of carbonyl (C=O) groups is 1. The zero-order chi connectivity index (χ0) is 14.5. The molecule has 0 bridgehead atoms. The number of aromatic nitrogens is 1. The van der Waals surface area contributed by atoms with Crippen molar-refractivity contribution in [2.45, 2.75) is 6.54 Å². The highest BCUT2D eigenvalue weighted by atomic mass is 35.5. The Hall–Kier alpha value is -2.07. The molecule has 4 nitrogen and oxygen atoms in total. The van der Waals surface area contributed by atoms with Gasteiger partial charge in [-0.2, -0.15) is 0 Å². The largest absolute Gasteiger partial charge is 0.362 e. The van der Waals surface area contributed by atoms with Crippen LogP contribution in [-0.4, -0.2) is 25.0 Å². The lowest BCUT2D eigenvalue weighted by Gasteiger charge is -2.16. The van der Waals surface area contributed by atoms with Crippen molar-refractivity contribution in [2.24, 2.45) is 0 Å². The molecule has 5 heteroatoms. The molecule has 1 aromatic heterocycles. The summed E-state index contributed by atoms with van der Waals surface area (Å²) in [6.07, 6.45) is 1.73. The van der Waals surface area contributed by atoms with Gasteiger partial charge in [0.1, 0.15) is 5.82 Å². The summed E-state index contributed by atoms with van der Waals surface area (Å²) >= 11 is 5.88. The van der Waals surface area contributed by atoms with E-state index in [0.29, 0.717) is 17.1 Å². The van der Waals surface area contributed by atoms with E-state index in [1.807, 2.05) is 31.1 Å². The summed E-state index contributed by atoms with van der Waals surface area (Å²) in [5.74, 6) is 0.694. The van der Waals surface area contributed by atoms with E-state index in [0.717, 1.165) is 11.4 Å². The van der Waals surface area contributed by atoms with Crippen molar-refractivity contribution >= 4 is 23.3 Å². The minimum atomic E-state index is -0.152. The number of hydrogen-bond acceptors (Lipinski definition) is 3. The van der Waals surface area contributed by atoms with Crippen LogP contribution in [0.4, 0.5) is 5.82 Å². The Balaban J connectivity index is 2.07. The van der Waals surface area contributed by atoms with Crippen molar-refractivity contribution in [3.8, 4) is 0 Å². The first-order chi connectivity index (χ1) is 9.58. The maximum atomic E-state index is 12.0. The number of hydrogen-bond donors (Lipinski definition) is 1. The van der Waals surface area contributed by atoms with Crippen molar-refractivity contribution in [3.05, 3.63) is 58.7 Å². The SMILES string of the molecule is CN(C)c1ncccc1CNC(=O)c1cccc(Cl)c1. The fourth-order valence-corrected chi connectivity index (χ4v) is 2.07. The summed E-state index contributed by atoms with van der Waals surface area (Å²) in [4.78, 5) is 18.3. The minimum absolute atomic E-state index is 0.152. The highest BCUT2D eigenvalue weighted by Crippen LogP contribution is 2.15. The molecule has 104 valence electrons. The standard InChI is InChI=1S/C15H16ClN3O/c1-19(2)14-12(6-4-8-17-14)10-18-15(20)11-5-3-7-13(16)9-11/h3-9H,10H2,1-2H3,(H,18,20). The summed E-state index contributed by atoms with van der Waals surface area (Å²) in [7, 11) is 3.84. The zero-order valence-electron chi connectivity index (χ0n) is 11.4. The summed E-state index contributed by atoms with van der Waals surface area (Å²) in [6.45, 7) is 0.423. The van der Waals surface area contributed by atoms with Crippen LogP contribution in [0.2, 0.25) is 5.02 Å². The number of anilines is 1. The molecule has 0 radical (unpaired) electrons. The molecule has 20 heavy (non-hydrogen) atoms. The van der Waals surface area contributed by atoms with Crippen LogP contribution < -0.4 is 10.2 Å². The number of halogens is 1. The monoisotopic (exact) mass is 289 g/mol. The van der Waals surface area contributed by atoms with Gasteiger partial charge in [-0.3, -0.25) is 4.79 Å². The molecule has 1 amide bonds. The van der Waals surface area contributed by atoms with Gasteiger partial charge in [-0.25, -0.2) is 4.98 Å². The van der Waals surface area contributed by atoms with Crippen LogP contribution >= 0.6 is 11.6 Å². The van der Waals surface area contributed by atoms with Gasteiger partial charge in [-0.15, -0.1) is 0 Å². The molecule has 0 spiro atoms. The molecule has 1 heterocycles. The Bertz CT molecular complexity index is 614. The maximum absolute atomic E-state index is 12.0. The second-order valence-corrected chi connectivity index (χ2v) is 5.01. The first-order valence-electron chi connectivity index (χ1n) is 6.23. The lowest BCUT2D eigenvalue weighted by Crippen LogP contribution is -2.24.